The molecule has 0 bridgehead atoms. The number of carbonyl (C=O) groups excluding carboxylic acids is 1. The summed E-state index contributed by atoms with van der Waals surface area (Å²) in [5.74, 6) is -0.753. The average Bonchev–Trinajstić information content (AvgIpc) is 2.57. The molecule has 0 saturated carbocycles. The number of phenols is 2. The topological polar surface area (TPSA) is 87.0 Å². The quantitative estimate of drug-likeness (QED) is 0.425. The molecule has 5 nitrogen and oxygen atoms in total. The lowest BCUT2D eigenvalue weighted by Gasteiger charge is -2.15. The average molecular weight is 362 g/mol. The first-order valence-electron chi connectivity index (χ1n) is 8.89. The van der Waals surface area contributed by atoms with Crippen molar-refractivity contribution in [2.75, 3.05) is 6.61 Å². The van der Waals surface area contributed by atoms with Crippen molar-refractivity contribution in [3.05, 3.63) is 41.5 Å². The van der Waals surface area contributed by atoms with Crippen LogP contribution in [-0.4, -0.2) is 33.8 Å². The van der Waals surface area contributed by atoms with Crippen LogP contribution in [0, 0.1) is 5.92 Å². The highest BCUT2D eigenvalue weighted by Gasteiger charge is 2.23. The number of aliphatic hydroxyl groups excluding tert-OH is 1. The van der Waals surface area contributed by atoms with Gasteiger partial charge in [0, 0.05) is 18.1 Å². The SMILES string of the molecule is C=C(C)[C@H](O)CCC(C)=CCOc1cc(O)cc(O)c1C(=O)[C@H](C)CC. The summed E-state index contributed by atoms with van der Waals surface area (Å²) < 4.78 is 5.64. The number of ketones is 1. The number of allylic oxidation sites excluding steroid dienone is 1. The molecule has 2 atom stereocenters. The molecule has 0 fully saturated rings. The van der Waals surface area contributed by atoms with Gasteiger partial charge in [-0.15, -0.1) is 0 Å². The minimum Gasteiger partial charge on any atom is -0.508 e. The Hall–Kier alpha value is -2.27. The molecular formula is C21H30O5. The molecule has 0 aromatic heterocycles. The predicted molar refractivity (Wildman–Crippen MR) is 103 cm³/mol. The summed E-state index contributed by atoms with van der Waals surface area (Å²) in [6.45, 7) is 11.3. The van der Waals surface area contributed by atoms with Crippen LogP contribution in [0.15, 0.2) is 35.9 Å². The molecule has 0 unspecified atom stereocenters. The van der Waals surface area contributed by atoms with Gasteiger partial charge in [0.2, 0.25) is 0 Å². The summed E-state index contributed by atoms with van der Waals surface area (Å²) in [6.07, 6.45) is 3.25. The zero-order chi connectivity index (χ0) is 19.9. The molecule has 0 aliphatic rings. The van der Waals surface area contributed by atoms with Crippen LogP contribution in [-0.2, 0) is 0 Å². The van der Waals surface area contributed by atoms with E-state index in [0.717, 1.165) is 17.2 Å². The minimum atomic E-state index is -0.526. The Morgan fingerprint density at radius 2 is 1.96 bits per heavy atom. The molecule has 3 N–H and O–H groups in total. The second-order valence-electron chi connectivity index (χ2n) is 6.77. The second-order valence-corrected chi connectivity index (χ2v) is 6.77. The van der Waals surface area contributed by atoms with Gasteiger partial charge in [-0.2, -0.15) is 0 Å². The number of ether oxygens (including phenoxy) is 1. The van der Waals surface area contributed by atoms with E-state index in [1.807, 2.05) is 19.9 Å². The van der Waals surface area contributed by atoms with Crippen molar-refractivity contribution in [3.63, 3.8) is 0 Å². The first-order chi connectivity index (χ1) is 12.2. The lowest BCUT2D eigenvalue weighted by atomic mass is 9.95. The highest BCUT2D eigenvalue weighted by Crippen LogP contribution is 2.35. The molecule has 0 aliphatic carbocycles. The predicted octanol–water partition coefficient (Wildman–Crippen LogP) is 4.37. The van der Waals surface area contributed by atoms with Crippen molar-refractivity contribution in [2.24, 2.45) is 5.92 Å². The molecule has 0 aliphatic heterocycles. The van der Waals surface area contributed by atoms with Crippen LogP contribution in [0.2, 0.25) is 0 Å². The van der Waals surface area contributed by atoms with Crippen molar-refractivity contribution in [1.82, 2.24) is 0 Å². The maximum absolute atomic E-state index is 12.5. The van der Waals surface area contributed by atoms with E-state index in [4.69, 9.17) is 4.74 Å². The number of Topliss-reactive ketones (excluding diaryl/α,β-unsaturated/α-hetero) is 1. The van der Waals surface area contributed by atoms with Crippen molar-refractivity contribution < 1.29 is 24.9 Å². The smallest absolute Gasteiger partial charge is 0.173 e. The fourth-order valence-electron chi connectivity index (χ4n) is 2.37. The lowest BCUT2D eigenvalue weighted by molar-refractivity contribution is 0.0920. The van der Waals surface area contributed by atoms with Gasteiger partial charge in [0.25, 0.3) is 0 Å². The van der Waals surface area contributed by atoms with Crippen LogP contribution in [0.25, 0.3) is 0 Å². The molecule has 1 rings (SSSR count). The molecule has 0 radical (unpaired) electrons. The van der Waals surface area contributed by atoms with Crippen molar-refractivity contribution >= 4 is 5.78 Å². The van der Waals surface area contributed by atoms with E-state index in [1.165, 1.54) is 6.07 Å². The van der Waals surface area contributed by atoms with Crippen LogP contribution >= 0.6 is 0 Å². The van der Waals surface area contributed by atoms with Crippen molar-refractivity contribution in [2.45, 2.75) is 53.1 Å². The number of aliphatic hydroxyl groups is 1. The van der Waals surface area contributed by atoms with Gasteiger partial charge >= 0.3 is 0 Å². The van der Waals surface area contributed by atoms with Crippen molar-refractivity contribution in [1.29, 1.82) is 0 Å². The molecule has 26 heavy (non-hydrogen) atoms. The highest BCUT2D eigenvalue weighted by molar-refractivity contribution is 6.02. The zero-order valence-corrected chi connectivity index (χ0v) is 16.1. The third-order valence-corrected chi connectivity index (χ3v) is 4.42. The Kier molecular flexibility index (Phi) is 8.39. The summed E-state index contributed by atoms with van der Waals surface area (Å²) in [5, 5.41) is 29.5. The van der Waals surface area contributed by atoms with Crippen LogP contribution in [0.5, 0.6) is 17.2 Å². The molecular weight excluding hydrogens is 332 g/mol. The second kappa shape index (κ2) is 10.0. The summed E-state index contributed by atoms with van der Waals surface area (Å²) in [4.78, 5) is 12.5. The first kappa shape index (κ1) is 21.8. The van der Waals surface area contributed by atoms with Crippen LogP contribution in [0.1, 0.15) is 57.3 Å². The van der Waals surface area contributed by atoms with Gasteiger partial charge in [0.1, 0.15) is 29.4 Å². The number of hydrogen-bond acceptors (Lipinski definition) is 5. The van der Waals surface area contributed by atoms with E-state index in [1.54, 1.807) is 13.8 Å². The summed E-state index contributed by atoms with van der Waals surface area (Å²) in [6, 6.07) is 2.48. The highest BCUT2D eigenvalue weighted by atomic mass is 16.5. The number of hydrogen-bond donors (Lipinski definition) is 3. The van der Waals surface area contributed by atoms with Gasteiger partial charge in [-0.05, 0) is 39.2 Å². The maximum atomic E-state index is 12.5. The van der Waals surface area contributed by atoms with E-state index in [2.05, 4.69) is 6.58 Å². The Bertz CT molecular complexity index is 675. The van der Waals surface area contributed by atoms with E-state index in [9.17, 15) is 20.1 Å². The van der Waals surface area contributed by atoms with Crippen LogP contribution in [0.3, 0.4) is 0 Å². The van der Waals surface area contributed by atoms with E-state index in [0.29, 0.717) is 19.3 Å². The Balaban J connectivity index is 2.85. The lowest BCUT2D eigenvalue weighted by Crippen LogP contribution is -2.12. The summed E-state index contributed by atoms with van der Waals surface area (Å²) >= 11 is 0. The summed E-state index contributed by atoms with van der Waals surface area (Å²) in [7, 11) is 0. The van der Waals surface area contributed by atoms with Crippen LogP contribution < -0.4 is 4.74 Å². The van der Waals surface area contributed by atoms with Crippen molar-refractivity contribution in [3.8, 4) is 17.2 Å². The molecule has 144 valence electrons. The Labute approximate surface area is 155 Å². The number of benzene rings is 1. The third kappa shape index (κ3) is 6.23. The molecule has 0 saturated heterocycles. The normalized spacial score (nSPS) is 14.0. The fourth-order valence-corrected chi connectivity index (χ4v) is 2.37. The largest absolute Gasteiger partial charge is 0.508 e. The standard InChI is InChI=1S/C21H30O5/c1-6-15(5)21(25)20-18(24)11-16(22)12-19(20)26-10-9-14(4)7-8-17(23)13(2)3/h9,11-12,15,17,22-24H,2,6-8,10H2,1,3-5H3/t15-,17-/m1/s1. The van der Waals surface area contributed by atoms with Gasteiger partial charge < -0.3 is 20.1 Å². The van der Waals surface area contributed by atoms with Gasteiger partial charge in [-0.1, -0.05) is 31.6 Å². The Morgan fingerprint density at radius 1 is 1.31 bits per heavy atom. The van der Waals surface area contributed by atoms with Crippen LogP contribution in [0.4, 0.5) is 0 Å². The Morgan fingerprint density at radius 3 is 2.54 bits per heavy atom. The first-order valence-corrected chi connectivity index (χ1v) is 8.89. The van der Waals surface area contributed by atoms with E-state index >= 15 is 0 Å². The monoisotopic (exact) mass is 362 g/mol. The van der Waals surface area contributed by atoms with Gasteiger partial charge in [0.15, 0.2) is 5.78 Å². The third-order valence-electron chi connectivity index (χ3n) is 4.42. The minimum absolute atomic E-state index is 0.0981. The maximum Gasteiger partial charge on any atom is 0.173 e. The fraction of sp³-hybridized carbons (Fsp3) is 0.476. The van der Waals surface area contributed by atoms with Gasteiger partial charge in [-0.25, -0.2) is 0 Å². The molecule has 1 aromatic rings. The number of aromatic hydroxyl groups is 2. The molecule has 5 heteroatoms. The molecule has 0 heterocycles. The van der Waals surface area contributed by atoms with Gasteiger partial charge in [-0.3, -0.25) is 4.79 Å². The molecule has 0 spiro atoms. The molecule has 0 amide bonds. The van der Waals surface area contributed by atoms with Gasteiger partial charge in [0.05, 0.1) is 6.10 Å². The molecule has 1 aromatic carbocycles. The van der Waals surface area contributed by atoms with E-state index < -0.39 is 6.10 Å². The zero-order valence-electron chi connectivity index (χ0n) is 16.1. The number of rotatable bonds is 10. The van der Waals surface area contributed by atoms with E-state index in [-0.39, 0.29) is 41.1 Å². The number of phenolic OH excluding ortho intramolecular Hbond substituents is 2. The summed E-state index contributed by atoms with van der Waals surface area (Å²) in [5.41, 5.74) is 1.86. The number of carbonyl (C=O) groups is 1.